The highest BCUT2D eigenvalue weighted by Crippen LogP contribution is 2.19. The molecular weight excluding hydrogens is 184 g/mol. The Balaban J connectivity index is 2.76. The van der Waals surface area contributed by atoms with E-state index in [1.807, 2.05) is 0 Å². The number of aliphatic hydroxyl groups excluding tert-OH is 4. The van der Waals surface area contributed by atoms with Gasteiger partial charge in [-0.15, -0.1) is 0 Å². The molecule has 13 heavy (non-hydrogen) atoms. The molecule has 0 aliphatic carbocycles. The Morgan fingerprint density at radius 1 is 1.00 bits per heavy atom. The average Bonchev–Trinajstić information content (AvgIpc) is 2.07. The van der Waals surface area contributed by atoms with Gasteiger partial charge < -0.3 is 30.3 Å². The fourth-order valence-corrected chi connectivity index (χ4v) is 1.07. The van der Waals surface area contributed by atoms with Crippen LogP contribution in [0.25, 0.3) is 0 Å². The van der Waals surface area contributed by atoms with E-state index >= 15 is 0 Å². The summed E-state index contributed by atoms with van der Waals surface area (Å²) >= 11 is 0. The second-order valence-electron chi connectivity index (χ2n) is 2.76. The number of aliphatic hydroxyl groups is 4. The van der Waals surface area contributed by atoms with Crippen LogP contribution in [-0.2, 0) is 9.53 Å². The van der Waals surface area contributed by atoms with Gasteiger partial charge in [0.1, 0.15) is 18.3 Å². The van der Waals surface area contributed by atoms with Crippen LogP contribution >= 0.6 is 0 Å². The first-order chi connectivity index (χ1) is 5.95. The van der Waals surface area contributed by atoms with E-state index in [1.54, 1.807) is 0 Å². The molecule has 0 spiro atoms. The highest BCUT2D eigenvalue weighted by atomic mass is 16.6. The number of hydrogen-bond acceptors (Lipinski definition) is 6. The van der Waals surface area contributed by atoms with Crippen molar-refractivity contribution in [2.75, 3.05) is 0 Å². The van der Waals surface area contributed by atoms with E-state index in [1.165, 1.54) is 0 Å². The number of carboxylic acid groups (broad SMARTS) is 1. The molecule has 0 aromatic rings. The molecule has 1 aliphatic heterocycles. The lowest BCUT2D eigenvalue weighted by molar-refractivity contribution is -0.279. The Morgan fingerprint density at radius 3 is 2.00 bits per heavy atom. The minimum atomic E-state index is -1.81. The van der Waals surface area contributed by atoms with Crippen LogP contribution in [-0.4, -0.2) is 62.2 Å². The number of carboxylic acids is 1. The van der Waals surface area contributed by atoms with Gasteiger partial charge in [0.25, 0.3) is 0 Å². The Bertz CT molecular complexity index is 205. The first-order valence-corrected chi connectivity index (χ1v) is 3.55. The predicted molar refractivity (Wildman–Crippen MR) is 36.5 cm³/mol. The Morgan fingerprint density at radius 2 is 1.54 bits per heavy atom. The molecule has 1 fully saturated rings. The van der Waals surface area contributed by atoms with Crippen LogP contribution in [0, 0.1) is 0 Å². The normalized spacial score (nSPS) is 46.0. The van der Waals surface area contributed by atoms with Crippen molar-refractivity contribution in [1.29, 1.82) is 0 Å². The van der Waals surface area contributed by atoms with Crippen LogP contribution in [0.4, 0.5) is 0 Å². The van der Waals surface area contributed by atoms with Crippen LogP contribution < -0.4 is 0 Å². The third-order valence-corrected chi connectivity index (χ3v) is 1.83. The van der Waals surface area contributed by atoms with Crippen molar-refractivity contribution in [3.63, 3.8) is 0 Å². The van der Waals surface area contributed by atoms with E-state index in [-0.39, 0.29) is 0 Å². The summed E-state index contributed by atoms with van der Waals surface area (Å²) in [6.45, 7) is 0. The Hall–Kier alpha value is -0.730. The Labute approximate surface area is 72.8 Å². The molecular formula is C6H10O7. The zero-order chi connectivity index (χ0) is 10.2. The third kappa shape index (κ3) is 1.79. The first-order valence-electron chi connectivity index (χ1n) is 3.55. The summed E-state index contributed by atoms with van der Waals surface area (Å²) in [4.78, 5) is 10.4. The summed E-state index contributed by atoms with van der Waals surface area (Å²) in [5.41, 5.74) is 0. The van der Waals surface area contributed by atoms with Crippen molar-refractivity contribution in [3.8, 4) is 0 Å². The molecule has 0 radical (unpaired) electrons. The molecule has 7 nitrogen and oxygen atoms in total. The topological polar surface area (TPSA) is 127 Å². The van der Waals surface area contributed by atoms with E-state index < -0.39 is 36.7 Å². The molecule has 2 unspecified atom stereocenters. The van der Waals surface area contributed by atoms with Crippen molar-refractivity contribution in [2.45, 2.75) is 30.7 Å². The minimum absolute atomic E-state index is 1.52. The van der Waals surface area contributed by atoms with Gasteiger partial charge in [0, 0.05) is 0 Å². The zero-order valence-corrected chi connectivity index (χ0v) is 6.44. The molecule has 76 valence electrons. The molecule has 0 aromatic heterocycles. The summed E-state index contributed by atoms with van der Waals surface area (Å²) < 4.78 is 4.34. The first kappa shape index (κ1) is 10.4. The molecule has 1 saturated heterocycles. The molecule has 1 rings (SSSR count). The van der Waals surface area contributed by atoms with Crippen molar-refractivity contribution in [1.82, 2.24) is 0 Å². The van der Waals surface area contributed by atoms with E-state index in [4.69, 9.17) is 25.5 Å². The van der Waals surface area contributed by atoms with Crippen molar-refractivity contribution >= 4 is 5.97 Å². The number of ether oxygens (including phenoxy) is 1. The standard InChI is InChI=1S/C6H10O7/c7-1-2(8)4(5(10)11)13-6(12)3(1)9/h1-4,6-9,12H,(H,10,11)/t1-,2+,3?,4?,6+/m1/s1. The minimum Gasteiger partial charge on any atom is -0.479 e. The highest BCUT2D eigenvalue weighted by molar-refractivity contribution is 5.73. The molecule has 1 aliphatic rings. The maximum Gasteiger partial charge on any atom is 0.335 e. The third-order valence-electron chi connectivity index (χ3n) is 1.83. The number of rotatable bonds is 1. The second-order valence-corrected chi connectivity index (χ2v) is 2.76. The lowest BCUT2D eigenvalue weighted by Gasteiger charge is -2.36. The molecule has 0 amide bonds. The second kappa shape index (κ2) is 3.56. The SMILES string of the molecule is O=C(O)C1O[C@H](O)C(O)[C@H](O)[C@@H]1O. The zero-order valence-electron chi connectivity index (χ0n) is 6.44. The summed E-state index contributed by atoms with van der Waals surface area (Å²) in [5, 5.41) is 44.4. The van der Waals surface area contributed by atoms with Crippen molar-refractivity contribution in [3.05, 3.63) is 0 Å². The lowest BCUT2D eigenvalue weighted by Crippen LogP contribution is -2.59. The van der Waals surface area contributed by atoms with Gasteiger partial charge in [0.2, 0.25) is 0 Å². The molecule has 5 N–H and O–H groups in total. The Kier molecular flexibility index (Phi) is 2.84. The maximum absolute atomic E-state index is 10.4. The molecule has 0 aromatic carbocycles. The van der Waals surface area contributed by atoms with Crippen LogP contribution in [0.1, 0.15) is 0 Å². The quantitative estimate of drug-likeness (QED) is 0.298. The van der Waals surface area contributed by atoms with Crippen molar-refractivity contribution in [2.24, 2.45) is 0 Å². The average molecular weight is 194 g/mol. The summed E-state index contributed by atoms with van der Waals surface area (Å²) in [5.74, 6) is -1.52. The molecule has 0 bridgehead atoms. The highest BCUT2D eigenvalue weighted by Gasteiger charge is 2.46. The molecule has 5 atom stereocenters. The fraction of sp³-hybridized carbons (Fsp3) is 0.833. The van der Waals surface area contributed by atoms with Gasteiger partial charge in [-0.25, -0.2) is 4.79 Å². The number of carbonyl (C=O) groups is 1. The summed E-state index contributed by atoms with van der Waals surface area (Å²) in [6.07, 6.45) is -8.72. The van der Waals surface area contributed by atoms with Gasteiger partial charge in [-0.3, -0.25) is 0 Å². The fourth-order valence-electron chi connectivity index (χ4n) is 1.07. The van der Waals surface area contributed by atoms with E-state index in [0.29, 0.717) is 0 Å². The van der Waals surface area contributed by atoms with Gasteiger partial charge >= 0.3 is 5.97 Å². The summed E-state index contributed by atoms with van der Waals surface area (Å²) in [7, 11) is 0. The number of aliphatic carboxylic acids is 1. The molecule has 0 saturated carbocycles. The largest absolute Gasteiger partial charge is 0.479 e. The smallest absolute Gasteiger partial charge is 0.335 e. The van der Waals surface area contributed by atoms with Gasteiger partial charge in [0.15, 0.2) is 12.4 Å². The van der Waals surface area contributed by atoms with Gasteiger partial charge in [-0.2, -0.15) is 0 Å². The van der Waals surface area contributed by atoms with Crippen LogP contribution in [0.3, 0.4) is 0 Å². The lowest BCUT2D eigenvalue weighted by atomic mass is 9.99. The summed E-state index contributed by atoms with van der Waals surface area (Å²) in [6, 6.07) is 0. The van der Waals surface area contributed by atoms with Gasteiger partial charge in [0.05, 0.1) is 0 Å². The molecule has 7 heteroatoms. The predicted octanol–water partition coefficient (Wildman–Crippen LogP) is -3.13. The number of hydrogen-bond donors (Lipinski definition) is 5. The van der Waals surface area contributed by atoms with Gasteiger partial charge in [-0.1, -0.05) is 0 Å². The maximum atomic E-state index is 10.4. The monoisotopic (exact) mass is 194 g/mol. The molecule has 1 heterocycles. The van der Waals surface area contributed by atoms with E-state index in [2.05, 4.69) is 4.74 Å². The van der Waals surface area contributed by atoms with Gasteiger partial charge in [-0.05, 0) is 0 Å². The van der Waals surface area contributed by atoms with Crippen LogP contribution in [0.2, 0.25) is 0 Å². The van der Waals surface area contributed by atoms with E-state index in [0.717, 1.165) is 0 Å². The van der Waals surface area contributed by atoms with Crippen molar-refractivity contribution < 1.29 is 35.1 Å². The van der Waals surface area contributed by atoms with E-state index in [9.17, 15) is 4.79 Å². The van der Waals surface area contributed by atoms with Crippen LogP contribution in [0.5, 0.6) is 0 Å². The van der Waals surface area contributed by atoms with Crippen LogP contribution in [0.15, 0.2) is 0 Å².